The molecule has 1 unspecified atom stereocenters. The number of aryl methyl sites for hydroxylation is 1. The number of benzene rings is 3. The summed E-state index contributed by atoms with van der Waals surface area (Å²) in [6.07, 6.45) is 1.41. The number of aliphatic hydroxyl groups is 1. The van der Waals surface area contributed by atoms with Crippen LogP contribution in [-0.2, 0) is 6.54 Å². The van der Waals surface area contributed by atoms with E-state index in [4.69, 9.17) is 5.10 Å². The molecule has 5 nitrogen and oxygen atoms in total. The van der Waals surface area contributed by atoms with Crippen molar-refractivity contribution in [3.63, 3.8) is 0 Å². The SMILES string of the molecule is C=C(O)C(CCC)c1c(-c2ccc(C)cc2)n2nc3ccccc3c2n(Cc2ccccc2)c1=O. The van der Waals surface area contributed by atoms with Gasteiger partial charge in [-0.3, -0.25) is 9.36 Å². The van der Waals surface area contributed by atoms with E-state index in [0.717, 1.165) is 39.7 Å². The molecule has 1 N–H and O–H groups in total. The Labute approximate surface area is 204 Å². The molecule has 1 atom stereocenters. The zero-order valence-corrected chi connectivity index (χ0v) is 20.1. The Morgan fingerprint density at radius 1 is 1.00 bits per heavy atom. The van der Waals surface area contributed by atoms with Crippen LogP contribution in [0.25, 0.3) is 27.8 Å². The summed E-state index contributed by atoms with van der Waals surface area (Å²) < 4.78 is 3.68. The topological polar surface area (TPSA) is 59.5 Å². The molecule has 176 valence electrons. The highest BCUT2D eigenvalue weighted by Gasteiger charge is 2.28. The number of aromatic nitrogens is 3. The van der Waals surface area contributed by atoms with E-state index in [1.54, 1.807) is 4.57 Å². The lowest BCUT2D eigenvalue weighted by molar-refractivity contribution is 0.359. The van der Waals surface area contributed by atoms with E-state index >= 15 is 0 Å². The number of hydrogen-bond donors (Lipinski definition) is 1. The molecule has 0 amide bonds. The van der Waals surface area contributed by atoms with Crippen LogP contribution < -0.4 is 5.56 Å². The molecular weight excluding hydrogens is 434 g/mol. The Hall–Kier alpha value is -4.12. The fraction of sp³-hybridized carbons (Fsp3) is 0.200. The number of aliphatic hydroxyl groups excluding tert-OH is 1. The van der Waals surface area contributed by atoms with Crippen molar-refractivity contribution in [2.45, 2.75) is 39.2 Å². The molecule has 0 bridgehead atoms. The third-order valence-electron chi connectivity index (χ3n) is 6.59. The summed E-state index contributed by atoms with van der Waals surface area (Å²) in [7, 11) is 0. The normalized spacial score (nSPS) is 12.3. The van der Waals surface area contributed by atoms with E-state index in [-0.39, 0.29) is 11.3 Å². The predicted octanol–water partition coefficient (Wildman–Crippen LogP) is 6.63. The van der Waals surface area contributed by atoms with Gasteiger partial charge in [0.2, 0.25) is 0 Å². The van der Waals surface area contributed by atoms with Gasteiger partial charge in [0.25, 0.3) is 5.56 Å². The van der Waals surface area contributed by atoms with Crippen molar-refractivity contribution in [1.82, 2.24) is 14.2 Å². The molecule has 5 rings (SSSR count). The summed E-state index contributed by atoms with van der Waals surface area (Å²) >= 11 is 0. The first-order chi connectivity index (χ1) is 17.0. The maximum Gasteiger partial charge on any atom is 0.258 e. The standard InChI is InChI=1S/C30H29N3O2/c1-4-10-24(21(3)34)27-28(23-17-15-20(2)16-18-23)33-29(25-13-8-9-14-26(25)31-33)32(30(27)35)19-22-11-6-5-7-12-22/h5-9,11-18,24,34H,3-4,10,19H2,1-2H3. The van der Waals surface area contributed by atoms with E-state index in [1.165, 1.54) is 0 Å². The van der Waals surface area contributed by atoms with Crippen LogP contribution in [-0.4, -0.2) is 19.3 Å². The Balaban J connectivity index is 1.95. The lowest BCUT2D eigenvalue weighted by Gasteiger charge is -2.22. The third kappa shape index (κ3) is 4.03. The maximum atomic E-state index is 14.4. The van der Waals surface area contributed by atoms with E-state index in [2.05, 4.69) is 6.58 Å². The third-order valence-corrected chi connectivity index (χ3v) is 6.59. The van der Waals surface area contributed by atoms with E-state index in [9.17, 15) is 9.90 Å². The number of hydrogen-bond acceptors (Lipinski definition) is 3. The van der Waals surface area contributed by atoms with Crippen LogP contribution in [0.5, 0.6) is 0 Å². The highest BCUT2D eigenvalue weighted by Crippen LogP contribution is 2.35. The van der Waals surface area contributed by atoms with Crippen molar-refractivity contribution < 1.29 is 5.11 Å². The zero-order valence-electron chi connectivity index (χ0n) is 20.1. The molecule has 2 heterocycles. The summed E-state index contributed by atoms with van der Waals surface area (Å²) in [5.41, 5.74) is 5.70. The minimum Gasteiger partial charge on any atom is -0.512 e. The quantitative estimate of drug-likeness (QED) is 0.276. The van der Waals surface area contributed by atoms with Gasteiger partial charge in [-0.25, -0.2) is 4.52 Å². The van der Waals surface area contributed by atoms with Gasteiger partial charge >= 0.3 is 0 Å². The molecule has 0 aliphatic carbocycles. The average Bonchev–Trinajstić information content (AvgIpc) is 3.24. The van der Waals surface area contributed by atoms with Gasteiger partial charge in [0.05, 0.1) is 29.1 Å². The Kier molecular flexibility index (Phi) is 6.00. The minimum absolute atomic E-state index is 0.000339. The molecule has 0 saturated heterocycles. The second-order valence-corrected chi connectivity index (χ2v) is 9.09. The molecule has 0 aliphatic rings. The predicted molar refractivity (Wildman–Crippen MR) is 142 cm³/mol. The summed E-state index contributed by atoms with van der Waals surface area (Å²) in [4.78, 5) is 14.4. The van der Waals surface area contributed by atoms with Crippen molar-refractivity contribution in [2.24, 2.45) is 0 Å². The first-order valence-corrected chi connectivity index (χ1v) is 12.0. The Morgan fingerprint density at radius 2 is 1.69 bits per heavy atom. The second-order valence-electron chi connectivity index (χ2n) is 9.09. The van der Waals surface area contributed by atoms with Gasteiger partial charge in [-0.2, -0.15) is 5.10 Å². The summed E-state index contributed by atoms with van der Waals surface area (Å²) in [6, 6.07) is 26.0. The monoisotopic (exact) mass is 463 g/mol. The number of nitrogens with zero attached hydrogens (tertiary/aromatic N) is 3. The highest BCUT2D eigenvalue weighted by molar-refractivity contribution is 5.93. The second kappa shape index (κ2) is 9.26. The zero-order chi connectivity index (χ0) is 24.5. The van der Waals surface area contributed by atoms with Gasteiger partial charge in [-0.05, 0) is 31.0 Å². The molecule has 0 spiro atoms. The van der Waals surface area contributed by atoms with Crippen LogP contribution in [0.1, 0.15) is 42.4 Å². The first kappa shape index (κ1) is 22.7. The van der Waals surface area contributed by atoms with Crippen molar-refractivity contribution >= 4 is 16.6 Å². The Morgan fingerprint density at radius 3 is 2.37 bits per heavy atom. The molecule has 0 saturated carbocycles. The van der Waals surface area contributed by atoms with Gasteiger partial charge in [0.1, 0.15) is 5.65 Å². The van der Waals surface area contributed by atoms with Gasteiger partial charge in [-0.15, -0.1) is 0 Å². The molecule has 35 heavy (non-hydrogen) atoms. The number of fused-ring (bicyclic) bond motifs is 3. The minimum atomic E-state index is -0.498. The van der Waals surface area contributed by atoms with Gasteiger partial charge in [0, 0.05) is 16.9 Å². The smallest absolute Gasteiger partial charge is 0.258 e. The van der Waals surface area contributed by atoms with Gasteiger partial charge < -0.3 is 5.11 Å². The molecule has 5 heteroatoms. The molecule has 0 aliphatic heterocycles. The first-order valence-electron chi connectivity index (χ1n) is 12.0. The van der Waals surface area contributed by atoms with Crippen LogP contribution in [0.4, 0.5) is 0 Å². The molecule has 3 aromatic carbocycles. The van der Waals surface area contributed by atoms with Crippen LogP contribution in [0.15, 0.2) is 96.0 Å². The van der Waals surface area contributed by atoms with Crippen molar-refractivity contribution in [2.75, 3.05) is 0 Å². The fourth-order valence-electron chi connectivity index (χ4n) is 4.87. The van der Waals surface area contributed by atoms with Gasteiger partial charge in [-0.1, -0.05) is 92.2 Å². The van der Waals surface area contributed by atoms with E-state index in [0.29, 0.717) is 24.2 Å². The van der Waals surface area contributed by atoms with Crippen molar-refractivity contribution in [1.29, 1.82) is 0 Å². The van der Waals surface area contributed by atoms with E-state index in [1.807, 2.05) is 97.2 Å². The van der Waals surface area contributed by atoms with Crippen molar-refractivity contribution in [3.05, 3.63) is 118 Å². The molecule has 0 radical (unpaired) electrons. The summed E-state index contributed by atoms with van der Waals surface area (Å²) in [5, 5.41) is 16.5. The molecule has 2 aromatic heterocycles. The van der Waals surface area contributed by atoms with Gasteiger partial charge in [0.15, 0.2) is 0 Å². The maximum absolute atomic E-state index is 14.4. The molecule has 5 aromatic rings. The Bertz CT molecular complexity index is 1580. The number of rotatable bonds is 7. The lowest BCUT2D eigenvalue weighted by Crippen LogP contribution is -2.30. The van der Waals surface area contributed by atoms with Crippen LogP contribution in [0.2, 0.25) is 0 Å². The molecular formula is C30H29N3O2. The van der Waals surface area contributed by atoms with Crippen LogP contribution >= 0.6 is 0 Å². The van der Waals surface area contributed by atoms with Crippen LogP contribution in [0, 0.1) is 6.92 Å². The van der Waals surface area contributed by atoms with Crippen LogP contribution in [0.3, 0.4) is 0 Å². The fourth-order valence-corrected chi connectivity index (χ4v) is 4.87. The highest BCUT2D eigenvalue weighted by atomic mass is 16.3. The summed E-state index contributed by atoms with van der Waals surface area (Å²) in [6.45, 7) is 8.34. The lowest BCUT2D eigenvalue weighted by atomic mass is 9.90. The average molecular weight is 464 g/mol. The van der Waals surface area contributed by atoms with E-state index < -0.39 is 5.92 Å². The largest absolute Gasteiger partial charge is 0.512 e. The summed E-state index contributed by atoms with van der Waals surface area (Å²) in [5.74, 6) is -0.498. The molecule has 0 fully saturated rings. The van der Waals surface area contributed by atoms with Crippen molar-refractivity contribution in [3.8, 4) is 11.3 Å². The number of allylic oxidation sites excluding steroid dienone is 1.